The van der Waals surface area contributed by atoms with Crippen LogP contribution in [0.1, 0.15) is 24.5 Å². The number of amides is 1. The Bertz CT molecular complexity index is 802. The van der Waals surface area contributed by atoms with Crippen molar-refractivity contribution in [2.75, 3.05) is 18.5 Å². The smallest absolute Gasteiger partial charge is 0.265 e. The van der Waals surface area contributed by atoms with Gasteiger partial charge in [-0.15, -0.1) is 0 Å². The number of rotatable bonds is 4. The van der Waals surface area contributed by atoms with Crippen molar-refractivity contribution in [2.24, 2.45) is 0 Å². The highest BCUT2D eigenvalue weighted by molar-refractivity contribution is 5.94. The minimum absolute atomic E-state index is 0.197. The maximum atomic E-state index is 12.4. The van der Waals surface area contributed by atoms with Gasteiger partial charge in [-0.3, -0.25) is 4.79 Å². The Labute approximate surface area is 146 Å². The summed E-state index contributed by atoms with van der Waals surface area (Å²) in [5.41, 5.74) is 3.39. The number of hydrogen-bond acceptors (Lipinski definition) is 4. The maximum Gasteiger partial charge on any atom is 0.265 e. The zero-order valence-electron chi connectivity index (χ0n) is 14.2. The summed E-state index contributed by atoms with van der Waals surface area (Å²) in [5, 5.41) is 2.86. The number of fused-ring (bicyclic) bond motifs is 2. The van der Waals surface area contributed by atoms with Gasteiger partial charge < -0.3 is 19.5 Å². The molecule has 0 fully saturated rings. The van der Waals surface area contributed by atoms with Crippen LogP contribution in [0.2, 0.25) is 0 Å². The Kier molecular flexibility index (Phi) is 4.22. The summed E-state index contributed by atoms with van der Waals surface area (Å²) in [6.45, 7) is 2.81. The van der Waals surface area contributed by atoms with Crippen molar-refractivity contribution < 1.29 is 19.0 Å². The lowest BCUT2D eigenvalue weighted by Gasteiger charge is -2.20. The van der Waals surface area contributed by atoms with Gasteiger partial charge in [0.1, 0.15) is 19.0 Å². The van der Waals surface area contributed by atoms with Crippen LogP contribution in [0.25, 0.3) is 0 Å². The predicted octanol–water partition coefficient (Wildman–Crippen LogP) is 3.35. The highest BCUT2D eigenvalue weighted by Gasteiger charge is 2.18. The second kappa shape index (κ2) is 6.67. The van der Waals surface area contributed by atoms with Gasteiger partial charge >= 0.3 is 0 Å². The molecule has 1 aliphatic heterocycles. The molecular weight excluding hydrogens is 318 g/mol. The Hall–Kier alpha value is -2.69. The SMILES string of the molecule is CC(Oc1ccc2c(c1)CCC2)C(=O)Nc1ccc2c(c1)OCCO2. The van der Waals surface area contributed by atoms with Crippen molar-refractivity contribution in [2.45, 2.75) is 32.3 Å². The van der Waals surface area contributed by atoms with E-state index in [1.54, 1.807) is 25.1 Å². The minimum atomic E-state index is -0.590. The van der Waals surface area contributed by atoms with Crippen molar-refractivity contribution in [3.05, 3.63) is 47.5 Å². The molecule has 1 atom stereocenters. The van der Waals surface area contributed by atoms with Gasteiger partial charge in [-0.2, -0.15) is 0 Å². The molecule has 2 aliphatic rings. The van der Waals surface area contributed by atoms with Gasteiger partial charge in [0.25, 0.3) is 5.91 Å². The summed E-state index contributed by atoms with van der Waals surface area (Å²) in [7, 11) is 0. The third kappa shape index (κ3) is 3.40. The zero-order valence-corrected chi connectivity index (χ0v) is 14.2. The molecule has 130 valence electrons. The molecule has 1 N–H and O–H groups in total. The van der Waals surface area contributed by atoms with Crippen LogP contribution in [0.15, 0.2) is 36.4 Å². The van der Waals surface area contributed by atoms with Gasteiger partial charge in [0.2, 0.25) is 0 Å². The van der Waals surface area contributed by atoms with Gasteiger partial charge in [-0.1, -0.05) is 6.07 Å². The van der Waals surface area contributed by atoms with Crippen LogP contribution in [0.5, 0.6) is 17.2 Å². The van der Waals surface area contributed by atoms with E-state index in [2.05, 4.69) is 17.4 Å². The molecule has 0 spiro atoms. The van der Waals surface area contributed by atoms with E-state index >= 15 is 0 Å². The number of ether oxygens (including phenoxy) is 3. The lowest BCUT2D eigenvalue weighted by Crippen LogP contribution is -2.30. The van der Waals surface area contributed by atoms with Crippen molar-refractivity contribution in [3.8, 4) is 17.2 Å². The van der Waals surface area contributed by atoms with E-state index in [1.165, 1.54) is 17.5 Å². The van der Waals surface area contributed by atoms with Crippen LogP contribution in [0.3, 0.4) is 0 Å². The predicted molar refractivity (Wildman–Crippen MR) is 94.6 cm³/mol. The van der Waals surface area contributed by atoms with E-state index < -0.39 is 6.10 Å². The second-order valence-electron chi connectivity index (χ2n) is 6.39. The Balaban J connectivity index is 1.40. The molecule has 1 unspecified atom stereocenters. The first-order valence-corrected chi connectivity index (χ1v) is 8.68. The van der Waals surface area contributed by atoms with Gasteiger partial charge in [-0.05, 0) is 61.6 Å². The number of carbonyl (C=O) groups is 1. The molecule has 4 rings (SSSR count). The summed E-state index contributed by atoms with van der Waals surface area (Å²) in [5.74, 6) is 1.89. The van der Waals surface area contributed by atoms with Gasteiger partial charge in [0.05, 0.1) is 0 Å². The second-order valence-corrected chi connectivity index (χ2v) is 6.39. The molecule has 0 radical (unpaired) electrons. The number of anilines is 1. The van der Waals surface area contributed by atoms with Crippen LogP contribution in [-0.4, -0.2) is 25.2 Å². The zero-order chi connectivity index (χ0) is 17.2. The lowest BCUT2D eigenvalue weighted by atomic mass is 10.1. The first kappa shape index (κ1) is 15.8. The number of carbonyl (C=O) groups excluding carboxylic acids is 1. The molecule has 25 heavy (non-hydrogen) atoms. The first-order valence-electron chi connectivity index (χ1n) is 8.68. The van der Waals surface area contributed by atoms with Crippen molar-refractivity contribution in [3.63, 3.8) is 0 Å². The van der Waals surface area contributed by atoms with Crippen LogP contribution in [0, 0.1) is 0 Å². The highest BCUT2D eigenvalue weighted by Crippen LogP contribution is 2.32. The van der Waals surface area contributed by atoms with E-state index in [9.17, 15) is 4.79 Å². The Morgan fingerprint density at radius 3 is 2.72 bits per heavy atom. The van der Waals surface area contributed by atoms with E-state index in [-0.39, 0.29) is 5.91 Å². The van der Waals surface area contributed by atoms with E-state index in [0.29, 0.717) is 30.4 Å². The van der Waals surface area contributed by atoms with Crippen LogP contribution in [0.4, 0.5) is 5.69 Å². The van der Waals surface area contributed by atoms with Gasteiger partial charge in [-0.25, -0.2) is 0 Å². The average Bonchev–Trinajstić information content (AvgIpc) is 3.09. The molecule has 0 aromatic heterocycles. The third-order valence-corrected chi connectivity index (χ3v) is 4.56. The summed E-state index contributed by atoms with van der Waals surface area (Å²) in [6.07, 6.45) is 2.83. The summed E-state index contributed by atoms with van der Waals surface area (Å²) in [4.78, 5) is 12.4. The number of benzene rings is 2. The molecular formula is C20H21NO4. The molecule has 0 saturated heterocycles. The minimum Gasteiger partial charge on any atom is -0.486 e. The van der Waals surface area contributed by atoms with E-state index in [0.717, 1.165) is 18.6 Å². The van der Waals surface area contributed by atoms with Crippen LogP contribution in [-0.2, 0) is 17.6 Å². The molecule has 1 aliphatic carbocycles. The standard InChI is InChI=1S/C20H21NO4/c1-13(25-17-7-5-14-3-2-4-15(14)11-17)20(22)21-16-6-8-18-19(12-16)24-10-9-23-18/h5-8,11-13H,2-4,9-10H2,1H3,(H,21,22). The molecule has 5 nitrogen and oxygen atoms in total. The largest absolute Gasteiger partial charge is 0.486 e. The fourth-order valence-corrected chi connectivity index (χ4v) is 3.24. The Morgan fingerprint density at radius 2 is 1.84 bits per heavy atom. The van der Waals surface area contributed by atoms with E-state index in [4.69, 9.17) is 14.2 Å². The Morgan fingerprint density at radius 1 is 1.04 bits per heavy atom. The fraction of sp³-hybridized carbons (Fsp3) is 0.350. The topological polar surface area (TPSA) is 56.8 Å². The molecule has 1 amide bonds. The summed E-state index contributed by atoms with van der Waals surface area (Å²) in [6, 6.07) is 11.5. The highest BCUT2D eigenvalue weighted by atomic mass is 16.6. The molecule has 1 heterocycles. The molecule has 2 aromatic rings. The van der Waals surface area contributed by atoms with Gasteiger partial charge in [0, 0.05) is 11.8 Å². The number of hydrogen-bond donors (Lipinski definition) is 1. The van der Waals surface area contributed by atoms with Gasteiger partial charge in [0.15, 0.2) is 17.6 Å². The number of aryl methyl sites for hydroxylation is 2. The summed E-state index contributed by atoms with van der Waals surface area (Å²) >= 11 is 0. The normalized spacial score (nSPS) is 16.0. The molecule has 2 aromatic carbocycles. The maximum absolute atomic E-state index is 12.4. The molecule has 5 heteroatoms. The molecule has 0 bridgehead atoms. The monoisotopic (exact) mass is 339 g/mol. The van der Waals surface area contributed by atoms with Crippen LogP contribution >= 0.6 is 0 Å². The van der Waals surface area contributed by atoms with Crippen molar-refractivity contribution in [1.29, 1.82) is 0 Å². The van der Waals surface area contributed by atoms with Crippen LogP contribution < -0.4 is 19.5 Å². The lowest BCUT2D eigenvalue weighted by molar-refractivity contribution is -0.122. The van der Waals surface area contributed by atoms with Crippen molar-refractivity contribution >= 4 is 11.6 Å². The fourth-order valence-electron chi connectivity index (χ4n) is 3.24. The third-order valence-electron chi connectivity index (χ3n) is 4.56. The quantitative estimate of drug-likeness (QED) is 0.928. The molecule has 0 saturated carbocycles. The first-order chi connectivity index (χ1) is 12.2. The van der Waals surface area contributed by atoms with Crippen molar-refractivity contribution in [1.82, 2.24) is 0 Å². The average molecular weight is 339 g/mol. The number of nitrogens with one attached hydrogen (secondary N) is 1. The van der Waals surface area contributed by atoms with E-state index in [1.807, 2.05) is 6.07 Å². The summed E-state index contributed by atoms with van der Waals surface area (Å²) < 4.78 is 16.8.